The molecular weight excluding hydrogens is 150 g/mol. The fourth-order valence-corrected chi connectivity index (χ4v) is 1.92. The second-order valence-corrected chi connectivity index (χ2v) is 4.19. The zero-order chi connectivity index (χ0) is 8.23. The van der Waals surface area contributed by atoms with E-state index in [2.05, 4.69) is 5.32 Å². The number of nitrogens with one attached hydrogen (secondary N) is 1. The molecule has 2 nitrogen and oxygen atoms in total. The second kappa shape index (κ2) is 4.24. The molecule has 2 aliphatic rings. The van der Waals surface area contributed by atoms with Crippen LogP contribution in [0.5, 0.6) is 0 Å². The van der Waals surface area contributed by atoms with Gasteiger partial charge in [0.05, 0.1) is 6.61 Å². The summed E-state index contributed by atoms with van der Waals surface area (Å²) in [4.78, 5) is 0. The fraction of sp³-hybridized carbons (Fsp3) is 1.00. The van der Waals surface area contributed by atoms with Crippen molar-refractivity contribution in [3.63, 3.8) is 0 Å². The molecule has 1 unspecified atom stereocenters. The summed E-state index contributed by atoms with van der Waals surface area (Å²) in [7, 11) is 0. The van der Waals surface area contributed by atoms with E-state index in [1.165, 1.54) is 38.8 Å². The zero-order valence-corrected chi connectivity index (χ0v) is 7.72. The molecule has 1 N–H and O–H groups in total. The highest BCUT2D eigenvalue weighted by Crippen LogP contribution is 2.26. The molecule has 1 saturated carbocycles. The van der Waals surface area contributed by atoms with Gasteiger partial charge >= 0.3 is 0 Å². The smallest absolute Gasteiger partial charge is 0.0507 e. The van der Waals surface area contributed by atoms with Crippen molar-refractivity contribution in [2.24, 2.45) is 11.8 Å². The maximum atomic E-state index is 5.68. The molecule has 1 aliphatic heterocycles. The van der Waals surface area contributed by atoms with Gasteiger partial charge in [0.1, 0.15) is 0 Å². The summed E-state index contributed by atoms with van der Waals surface area (Å²) < 4.78 is 5.68. The lowest BCUT2D eigenvalue weighted by atomic mass is 9.86. The van der Waals surface area contributed by atoms with Crippen molar-refractivity contribution in [1.29, 1.82) is 0 Å². The number of hydrogen-bond acceptors (Lipinski definition) is 2. The molecule has 2 heteroatoms. The van der Waals surface area contributed by atoms with Gasteiger partial charge in [-0.05, 0) is 37.6 Å². The summed E-state index contributed by atoms with van der Waals surface area (Å²) in [6.07, 6.45) is 5.55. The van der Waals surface area contributed by atoms with Crippen LogP contribution in [-0.4, -0.2) is 26.3 Å². The molecule has 2 fully saturated rings. The van der Waals surface area contributed by atoms with E-state index in [9.17, 15) is 0 Å². The molecular formula is C10H19NO. The Morgan fingerprint density at radius 3 is 2.50 bits per heavy atom. The Hall–Kier alpha value is -0.0800. The Morgan fingerprint density at radius 1 is 1.08 bits per heavy atom. The first-order valence-electron chi connectivity index (χ1n) is 5.23. The molecule has 0 radical (unpaired) electrons. The van der Waals surface area contributed by atoms with Crippen LogP contribution in [0, 0.1) is 11.8 Å². The Labute approximate surface area is 74.7 Å². The average Bonchev–Trinajstić information content (AvgIpc) is 2.46. The molecule has 1 atom stereocenters. The Morgan fingerprint density at radius 2 is 1.92 bits per heavy atom. The van der Waals surface area contributed by atoms with Crippen molar-refractivity contribution in [1.82, 2.24) is 5.32 Å². The van der Waals surface area contributed by atoms with E-state index in [4.69, 9.17) is 4.74 Å². The number of hydrogen-bond donors (Lipinski definition) is 1. The summed E-state index contributed by atoms with van der Waals surface area (Å²) in [5, 5.41) is 3.36. The third kappa shape index (κ3) is 2.20. The van der Waals surface area contributed by atoms with E-state index in [-0.39, 0.29) is 0 Å². The molecule has 0 spiro atoms. The molecule has 0 amide bonds. The third-order valence-electron chi connectivity index (χ3n) is 3.09. The molecule has 2 rings (SSSR count). The van der Waals surface area contributed by atoms with Crippen molar-refractivity contribution >= 4 is 0 Å². The number of rotatable bonds is 4. The van der Waals surface area contributed by atoms with Gasteiger partial charge in [-0.2, -0.15) is 0 Å². The van der Waals surface area contributed by atoms with Crippen molar-refractivity contribution < 1.29 is 4.74 Å². The minimum Gasteiger partial charge on any atom is -0.381 e. The van der Waals surface area contributed by atoms with Crippen LogP contribution >= 0.6 is 0 Å². The van der Waals surface area contributed by atoms with Crippen molar-refractivity contribution in [2.75, 3.05) is 26.3 Å². The quantitative estimate of drug-likeness (QED) is 0.687. The predicted octanol–water partition coefficient (Wildman–Crippen LogP) is 1.41. The molecule has 12 heavy (non-hydrogen) atoms. The fourth-order valence-electron chi connectivity index (χ4n) is 1.92. The molecule has 1 aliphatic carbocycles. The van der Waals surface area contributed by atoms with Crippen LogP contribution in [0.2, 0.25) is 0 Å². The summed E-state index contributed by atoms with van der Waals surface area (Å²) in [5.74, 6) is 1.70. The maximum Gasteiger partial charge on any atom is 0.0507 e. The van der Waals surface area contributed by atoms with Gasteiger partial charge in [0, 0.05) is 13.2 Å². The van der Waals surface area contributed by atoms with Crippen molar-refractivity contribution in [3.8, 4) is 0 Å². The van der Waals surface area contributed by atoms with Crippen LogP contribution in [0.25, 0.3) is 0 Å². The van der Waals surface area contributed by atoms with Crippen LogP contribution in [0.1, 0.15) is 25.7 Å². The lowest BCUT2D eigenvalue weighted by Crippen LogP contribution is -2.21. The van der Waals surface area contributed by atoms with E-state index in [0.29, 0.717) is 0 Å². The molecule has 0 aromatic carbocycles. The van der Waals surface area contributed by atoms with E-state index in [1.807, 2.05) is 0 Å². The van der Waals surface area contributed by atoms with Crippen molar-refractivity contribution in [2.45, 2.75) is 25.7 Å². The SMILES string of the molecule is C1CC(COCC2CCNC2)C1. The first kappa shape index (κ1) is 8.52. The Bertz CT molecular complexity index is 128. The molecule has 0 aromatic heterocycles. The molecule has 0 bridgehead atoms. The van der Waals surface area contributed by atoms with E-state index in [0.717, 1.165) is 25.0 Å². The van der Waals surface area contributed by atoms with Gasteiger partial charge in [0.15, 0.2) is 0 Å². The normalized spacial score (nSPS) is 30.5. The molecule has 1 saturated heterocycles. The lowest BCUT2D eigenvalue weighted by Gasteiger charge is -2.25. The van der Waals surface area contributed by atoms with E-state index >= 15 is 0 Å². The van der Waals surface area contributed by atoms with Gasteiger partial charge in [-0.25, -0.2) is 0 Å². The van der Waals surface area contributed by atoms with Crippen LogP contribution < -0.4 is 5.32 Å². The lowest BCUT2D eigenvalue weighted by molar-refractivity contribution is 0.0516. The minimum atomic E-state index is 0.796. The second-order valence-electron chi connectivity index (χ2n) is 4.19. The Kier molecular flexibility index (Phi) is 3.01. The van der Waals surface area contributed by atoms with Crippen LogP contribution in [-0.2, 0) is 4.74 Å². The maximum absolute atomic E-state index is 5.68. The van der Waals surface area contributed by atoms with Crippen LogP contribution in [0.3, 0.4) is 0 Å². The summed E-state index contributed by atoms with van der Waals surface area (Å²) >= 11 is 0. The van der Waals surface area contributed by atoms with Gasteiger partial charge < -0.3 is 10.1 Å². The summed E-state index contributed by atoms with van der Waals surface area (Å²) in [6, 6.07) is 0. The topological polar surface area (TPSA) is 21.3 Å². The van der Waals surface area contributed by atoms with Gasteiger partial charge in [0.2, 0.25) is 0 Å². The first-order chi connectivity index (χ1) is 5.95. The average molecular weight is 169 g/mol. The predicted molar refractivity (Wildman–Crippen MR) is 49.1 cm³/mol. The highest BCUT2D eigenvalue weighted by molar-refractivity contribution is 4.72. The largest absolute Gasteiger partial charge is 0.381 e. The Balaban J connectivity index is 1.49. The van der Waals surface area contributed by atoms with E-state index in [1.54, 1.807) is 0 Å². The summed E-state index contributed by atoms with van der Waals surface area (Å²) in [5.41, 5.74) is 0. The van der Waals surface area contributed by atoms with E-state index < -0.39 is 0 Å². The van der Waals surface area contributed by atoms with Gasteiger partial charge in [0.25, 0.3) is 0 Å². The van der Waals surface area contributed by atoms with Crippen LogP contribution in [0.15, 0.2) is 0 Å². The van der Waals surface area contributed by atoms with Gasteiger partial charge in [-0.3, -0.25) is 0 Å². The first-order valence-corrected chi connectivity index (χ1v) is 5.23. The summed E-state index contributed by atoms with van der Waals surface area (Å²) in [6.45, 7) is 4.38. The highest BCUT2D eigenvalue weighted by Gasteiger charge is 2.19. The molecule has 1 heterocycles. The standard InChI is InChI=1S/C10H19NO/c1-2-9(3-1)7-12-8-10-4-5-11-6-10/h9-11H,1-8H2. The molecule has 70 valence electrons. The monoisotopic (exact) mass is 169 g/mol. The number of ether oxygens (including phenoxy) is 1. The minimum absolute atomic E-state index is 0.796. The third-order valence-corrected chi connectivity index (χ3v) is 3.09. The highest BCUT2D eigenvalue weighted by atomic mass is 16.5. The van der Waals surface area contributed by atoms with Crippen LogP contribution in [0.4, 0.5) is 0 Å². The zero-order valence-electron chi connectivity index (χ0n) is 7.72. The van der Waals surface area contributed by atoms with Gasteiger partial charge in [-0.1, -0.05) is 6.42 Å². The van der Waals surface area contributed by atoms with Crippen molar-refractivity contribution in [3.05, 3.63) is 0 Å². The van der Waals surface area contributed by atoms with Gasteiger partial charge in [-0.15, -0.1) is 0 Å². The molecule has 0 aromatic rings.